The number of anilines is 1. The Hall–Kier alpha value is -2.66. The fourth-order valence-electron chi connectivity index (χ4n) is 4.01. The van der Waals surface area contributed by atoms with Crippen LogP contribution in [0.25, 0.3) is 0 Å². The van der Waals surface area contributed by atoms with Gasteiger partial charge in [-0.15, -0.1) is 0 Å². The van der Waals surface area contributed by atoms with Crippen molar-refractivity contribution < 1.29 is 4.79 Å². The number of carbonyl (C=O) groups excluding carboxylic acids is 1. The molecule has 1 aliphatic heterocycles. The lowest BCUT2D eigenvalue weighted by atomic mass is 9.91. The normalized spacial score (nSPS) is 21.4. The highest BCUT2D eigenvalue weighted by atomic mass is 35.5. The predicted octanol–water partition coefficient (Wildman–Crippen LogP) is 4.72. The molecule has 0 radical (unpaired) electrons. The Morgan fingerprint density at radius 3 is 2.32 bits per heavy atom. The van der Waals surface area contributed by atoms with Crippen LogP contribution in [0.15, 0.2) is 54.9 Å². The van der Waals surface area contributed by atoms with E-state index in [1.165, 1.54) is 5.56 Å². The maximum atomic E-state index is 13.2. The van der Waals surface area contributed by atoms with Gasteiger partial charge in [0.15, 0.2) is 0 Å². The van der Waals surface area contributed by atoms with Crippen LogP contribution in [-0.2, 0) is 4.79 Å². The number of fused-ring (bicyclic) bond motifs is 1. The molecule has 0 spiro atoms. The number of amides is 1. The molecule has 1 saturated carbocycles. The number of nitrogens with zero attached hydrogens (tertiary/aromatic N) is 4. The number of hydrogen-bond acceptors (Lipinski definition) is 3. The molecule has 2 atom stereocenters. The van der Waals surface area contributed by atoms with Crippen molar-refractivity contribution >= 4 is 23.5 Å². The van der Waals surface area contributed by atoms with Gasteiger partial charge in [-0.3, -0.25) is 9.69 Å². The highest BCUT2D eigenvalue weighted by Crippen LogP contribution is 2.44. The minimum Gasteiger partial charge on any atom is -0.274 e. The molecular formula is C22H21ClN4O. The monoisotopic (exact) mass is 392 g/mol. The second kappa shape index (κ2) is 6.74. The Morgan fingerprint density at radius 1 is 1.00 bits per heavy atom. The van der Waals surface area contributed by atoms with Crippen LogP contribution in [0, 0.1) is 12.8 Å². The van der Waals surface area contributed by atoms with Crippen LogP contribution in [0.4, 0.5) is 5.95 Å². The molecule has 0 bridgehead atoms. The quantitative estimate of drug-likeness (QED) is 0.648. The number of aryl methyl sites for hydroxylation is 1. The topological polar surface area (TPSA) is 51.0 Å². The van der Waals surface area contributed by atoms with Crippen molar-refractivity contribution in [2.24, 2.45) is 5.92 Å². The Labute approximate surface area is 169 Å². The van der Waals surface area contributed by atoms with Crippen LogP contribution < -0.4 is 4.90 Å². The van der Waals surface area contributed by atoms with Crippen LogP contribution in [0.1, 0.15) is 48.0 Å². The van der Waals surface area contributed by atoms with Gasteiger partial charge in [-0.2, -0.15) is 10.1 Å². The van der Waals surface area contributed by atoms with E-state index >= 15 is 0 Å². The van der Waals surface area contributed by atoms with Crippen molar-refractivity contribution in [3.8, 4) is 0 Å². The summed E-state index contributed by atoms with van der Waals surface area (Å²) in [6.45, 7) is 2.07. The third-order valence-electron chi connectivity index (χ3n) is 5.70. The summed E-state index contributed by atoms with van der Waals surface area (Å²) in [5.41, 5.74) is 3.46. The fourth-order valence-corrected chi connectivity index (χ4v) is 4.13. The molecule has 0 N–H and O–H groups in total. The SMILES string of the molecule is Cc1ccc([C@@H]2C[C@H](c3ccc(Cl)cc3)n3ncnc3N2C(=O)C2CC2)cc1. The zero-order valence-electron chi connectivity index (χ0n) is 15.6. The highest BCUT2D eigenvalue weighted by molar-refractivity contribution is 6.30. The molecule has 142 valence electrons. The zero-order chi connectivity index (χ0) is 19.3. The summed E-state index contributed by atoms with van der Waals surface area (Å²) in [6, 6.07) is 16.3. The molecular weight excluding hydrogens is 372 g/mol. The van der Waals surface area contributed by atoms with Gasteiger partial charge in [0.05, 0.1) is 12.1 Å². The molecule has 6 heteroatoms. The van der Waals surface area contributed by atoms with Gasteiger partial charge in [-0.1, -0.05) is 53.6 Å². The Morgan fingerprint density at radius 2 is 1.64 bits per heavy atom. The zero-order valence-corrected chi connectivity index (χ0v) is 16.4. The minimum atomic E-state index is -0.0638. The summed E-state index contributed by atoms with van der Waals surface area (Å²) in [5.74, 6) is 0.910. The average Bonchev–Trinajstić information content (AvgIpc) is 3.44. The maximum absolute atomic E-state index is 13.2. The van der Waals surface area contributed by atoms with Gasteiger partial charge in [0.25, 0.3) is 0 Å². The maximum Gasteiger partial charge on any atom is 0.233 e. The number of benzene rings is 2. The lowest BCUT2D eigenvalue weighted by Crippen LogP contribution is -2.43. The van der Waals surface area contributed by atoms with Gasteiger partial charge in [-0.05, 0) is 49.4 Å². The molecule has 28 heavy (non-hydrogen) atoms. The summed E-state index contributed by atoms with van der Waals surface area (Å²) in [5, 5.41) is 5.18. The third kappa shape index (κ3) is 3.00. The molecule has 5 rings (SSSR count). The molecule has 0 saturated heterocycles. The average molecular weight is 393 g/mol. The molecule has 2 aromatic carbocycles. The first-order valence-electron chi connectivity index (χ1n) is 9.66. The van der Waals surface area contributed by atoms with Gasteiger partial charge in [0.2, 0.25) is 11.9 Å². The molecule has 1 aromatic heterocycles. The van der Waals surface area contributed by atoms with E-state index in [1.54, 1.807) is 6.33 Å². The molecule has 3 aromatic rings. The van der Waals surface area contributed by atoms with E-state index in [1.807, 2.05) is 33.8 Å². The van der Waals surface area contributed by atoms with E-state index < -0.39 is 0 Å². The Kier molecular flexibility index (Phi) is 4.20. The molecule has 2 heterocycles. The summed E-state index contributed by atoms with van der Waals surface area (Å²) >= 11 is 6.09. The van der Waals surface area contributed by atoms with E-state index in [9.17, 15) is 4.79 Å². The third-order valence-corrected chi connectivity index (χ3v) is 5.96. The van der Waals surface area contributed by atoms with Crippen molar-refractivity contribution in [2.75, 3.05) is 4.90 Å². The van der Waals surface area contributed by atoms with Crippen LogP contribution >= 0.6 is 11.6 Å². The molecule has 5 nitrogen and oxygen atoms in total. The van der Waals surface area contributed by atoms with Crippen LogP contribution in [0.3, 0.4) is 0 Å². The summed E-state index contributed by atoms with van der Waals surface area (Å²) in [7, 11) is 0. The number of hydrogen-bond donors (Lipinski definition) is 0. The first-order valence-corrected chi connectivity index (χ1v) is 10.0. The number of halogens is 1. The Balaban J connectivity index is 1.62. The summed E-state index contributed by atoms with van der Waals surface area (Å²) in [4.78, 5) is 19.6. The van der Waals surface area contributed by atoms with Gasteiger partial charge in [-0.25, -0.2) is 4.68 Å². The van der Waals surface area contributed by atoms with Gasteiger partial charge >= 0.3 is 0 Å². The summed E-state index contributed by atoms with van der Waals surface area (Å²) in [6.07, 6.45) is 4.22. The standard InChI is InChI=1S/C22H21ClN4O/c1-14-2-4-15(5-3-14)19-12-20(16-8-10-18(23)11-9-16)27-22(24-13-25-27)26(19)21(28)17-6-7-17/h2-5,8-11,13,17,19-20H,6-7,12H2,1H3/t19-,20+/m0/s1. The lowest BCUT2D eigenvalue weighted by Gasteiger charge is -2.39. The molecule has 0 unspecified atom stereocenters. The van der Waals surface area contributed by atoms with Gasteiger partial charge in [0, 0.05) is 10.9 Å². The molecule has 1 amide bonds. The number of carbonyl (C=O) groups is 1. The van der Waals surface area contributed by atoms with Crippen molar-refractivity contribution in [1.82, 2.24) is 14.8 Å². The predicted molar refractivity (Wildman–Crippen MR) is 108 cm³/mol. The molecule has 1 aliphatic carbocycles. The van der Waals surface area contributed by atoms with E-state index in [4.69, 9.17) is 11.6 Å². The van der Waals surface area contributed by atoms with Gasteiger partial charge < -0.3 is 0 Å². The second-order valence-electron chi connectivity index (χ2n) is 7.72. The Bertz CT molecular complexity index is 1010. The van der Waals surface area contributed by atoms with Crippen molar-refractivity contribution in [1.29, 1.82) is 0 Å². The second-order valence-corrected chi connectivity index (χ2v) is 8.15. The van der Waals surface area contributed by atoms with E-state index in [-0.39, 0.29) is 23.9 Å². The van der Waals surface area contributed by atoms with E-state index in [0.29, 0.717) is 11.0 Å². The minimum absolute atomic E-state index is 0.00400. The summed E-state index contributed by atoms with van der Waals surface area (Å²) < 4.78 is 1.88. The lowest BCUT2D eigenvalue weighted by molar-refractivity contribution is -0.120. The van der Waals surface area contributed by atoms with Crippen molar-refractivity contribution in [2.45, 2.75) is 38.3 Å². The first-order chi connectivity index (χ1) is 13.6. The molecule has 1 fully saturated rings. The van der Waals surface area contributed by atoms with Crippen LogP contribution in [0.5, 0.6) is 0 Å². The highest BCUT2D eigenvalue weighted by Gasteiger charge is 2.44. The smallest absolute Gasteiger partial charge is 0.233 e. The first kappa shape index (κ1) is 17.4. The largest absolute Gasteiger partial charge is 0.274 e. The van der Waals surface area contributed by atoms with E-state index in [0.717, 1.165) is 30.4 Å². The van der Waals surface area contributed by atoms with Crippen molar-refractivity contribution in [3.05, 3.63) is 76.6 Å². The number of rotatable bonds is 3. The molecule has 2 aliphatic rings. The fraction of sp³-hybridized carbons (Fsp3) is 0.318. The van der Waals surface area contributed by atoms with Crippen molar-refractivity contribution in [3.63, 3.8) is 0 Å². The number of aromatic nitrogens is 3. The van der Waals surface area contributed by atoms with Crippen LogP contribution in [-0.4, -0.2) is 20.7 Å². The van der Waals surface area contributed by atoms with Crippen LogP contribution in [0.2, 0.25) is 5.02 Å². The van der Waals surface area contributed by atoms with Gasteiger partial charge in [0.1, 0.15) is 6.33 Å². The van der Waals surface area contributed by atoms with E-state index in [2.05, 4.69) is 41.3 Å².